The number of rotatable bonds is 0. The molecule has 0 aromatic carbocycles. The molecule has 81 heteroatoms. The largest absolute Gasteiger partial charge is 3.00 e. The van der Waals surface area contributed by atoms with Gasteiger partial charge in [-0.2, -0.15) is 0 Å². The first-order valence-electron chi connectivity index (χ1n) is 0. The van der Waals surface area contributed by atoms with Crippen molar-refractivity contribution in [2.45, 2.75) is 0 Å². The van der Waals surface area contributed by atoms with E-state index in [1.807, 2.05) is 0 Å². The Labute approximate surface area is 456 Å². The van der Waals surface area contributed by atoms with Gasteiger partial charge in [-0.3, -0.25) is 0 Å². The van der Waals surface area contributed by atoms with Crippen LogP contribution in [0.2, 0.25) is 0 Å². The summed E-state index contributed by atoms with van der Waals surface area (Å²) in [6, 6.07) is 0. The molecule has 0 aromatic heterocycles. The molecular formula is FeO80-157. The minimum atomic E-state index is 0. The maximum atomic E-state index is 0. The van der Waals surface area contributed by atoms with Crippen LogP contribution < -0.4 is 0 Å². The standard InChI is InChI=1S/Fe.80O/q+3;80*-2. The Kier molecular flexibility index (Phi) is 50400000. The van der Waals surface area contributed by atoms with Gasteiger partial charge in [0.15, 0.2) is 0 Å². The third-order valence-corrected chi connectivity index (χ3v) is 0. The zero-order chi connectivity index (χ0) is 0. The molecular weight excluding hydrogens is 1340 g/mol. The normalized spacial score (nSPS) is 0. The molecule has 81 heavy (non-hydrogen) atoms. The second kappa shape index (κ2) is 62700. The second-order valence-electron chi connectivity index (χ2n) is 0. The Balaban J connectivity index is 0. The molecule has 0 atom stereocenters. The molecule has 0 saturated heterocycles. The van der Waals surface area contributed by atoms with Gasteiger partial charge >= 0.3 is 17.1 Å². The van der Waals surface area contributed by atoms with Crippen molar-refractivity contribution in [2.24, 2.45) is 0 Å². The van der Waals surface area contributed by atoms with Crippen LogP contribution in [-0.2, 0) is 455 Å². The summed E-state index contributed by atoms with van der Waals surface area (Å²) < 4.78 is 0. The zero-order valence-electron chi connectivity index (χ0n) is 33.0. The summed E-state index contributed by atoms with van der Waals surface area (Å²) in [5.74, 6) is 0. The maximum Gasteiger partial charge on any atom is 3.00 e. The van der Waals surface area contributed by atoms with Gasteiger partial charge in [-0.25, -0.2) is 0 Å². The minimum absolute atomic E-state index is 0. The monoisotopic (exact) mass is 1340 g/mol. The Hall–Kier alpha value is -2.68. The molecule has 1 radical (unpaired) electrons. The fourth-order valence-corrected chi connectivity index (χ4v) is 0. The molecule has 0 spiro atoms. The molecule has 0 aliphatic rings. The molecule has 0 aliphatic carbocycles. The van der Waals surface area contributed by atoms with E-state index in [1.54, 1.807) is 0 Å². The van der Waals surface area contributed by atoms with E-state index in [9.17, 15) is 0 Å². The Morgan fingerprint density at radius 1 is 0.0247 bits per heavy atom. The first-order valence-corrected chi connectivity index (χ1v) is 0. The fraction of sp³-hybridized carbons (Fsp3) is 0. The average molecular weight is 1340 g/mol. The van der Waals surface area contributed by atoms with Crippen LogP contribution in [-0.4, -0.2) is 0 Å². The smallest absolute Gasteiger partial charge is 2.00 e. The van der Waals surface area contributed by atoms with Crippen LogP contribution in [0.3, 0.4) is 0 Å². The minimum Gasteiger partial charge on any atom is -2.00 e. The van der Waals surface area contributed by atoms with Crippen LogP contribution in [0.1, 0.15) is 0 Å². The molecule has 0 bridgehead atoms. The van der Waals surface area contributed by atoms with Crippen LogP contribution >= 0.6 is 0 Å². The van der Waals surface area contributed by atoms with E-state index < -0.39 is 0 Å². The Bertz CT molecular complexity index is 7.77. The molecule has 0 aromatic rings. The van der Waals surface area contributed by atoms with Crippen molar-refractivity contribution in [2.75, 3.05) is 0 Å². The van der Waals surface area contributed by atoms with Gasteiger partial charge in [-0.1, -0.05) is 0 Å². The van der Waals surface area contributed by atoms with Crippen molar-refractivity contribution in [3.63, 3.8) is 0 Å². The molecule has 0 amide bonds. The summed E-state index contributed by atoms with van der Waals surface area (Å²) in [6.07, 6.45) is 0. The maximum absolute atomic E-state index is 0. The summed E-state index contributed by atoms with van der Waals surface area (Å²) in [4.78, 5) is 0. The van der Waals surface area contributed by atoms with E-state index in [0.29, 0.717) is 0 Å². The molecule has 0 unspecified atom stereocenters. The van der Waals surface area contributed by atoms with Crippen LogP contribution in [0.15, 0.2) is 0 Å². The molecule has 0 saturated carbocycles. The molecule has 80 nitrogen and oxygen atoms in total. The van der Waals surface area contributed by atoms with E-state index in [2.05, 4.69) is 0 Å². The first-order chi connectivity index (χ1) is 0. The van der Waals surface area contributed by atoms with Crippen molar-refractivity contribution in [1.29, 1.82) is 0 Å². The van der Waals surface area contributed by atoms with E-state index in [0.717, 1.165) is 0 Å². The van der Waals surface area contributed by atoms with Gasteiger partial charge in [0, 0.05) is 0 Å². The van der Waals surface area contributed by atoms with Gasteiger partial charge in [0.25, 0.3) is 0 Å². The van der Waals surface area contributed by atoms with Gasteiger partial charge < -0.3 is 438 Å². The summed E-state index contributed by atoms with van der Waals surface area (Å²) in [6.45, 7) is 0. The van der Waals surface area contributed by atoms with Gasteiger partial charge in [0.2, 0.25) is 0 Å². The molecule has 0 heterocycles. The summed E-state index contributed by atoms with van der Waals surface area (Å²) in [5.41, 5.74) is 0. The zero-order valence-corrected chi connectivity index (χ0v) is 34.1. The third kappa shape index (κ3) is 61000. The fourth-order valence-electron chi connectivity index (χ4n) is 0. The average Bonchev–Trinajstić information content (AvgIpc) is 0. The summed E-state index contributed by atoms with van der Waals surface area (Å²) >= 11 is 0. The van der Waals surface area contributed by atoms with Crippen molar-refractivity contribution < 1.29 is 455 Å². The van der Waals surface area contributed by atoms with Crippen molar-refractivity contribution in [3.05, 3.63) is 0 Å². The van der Waals surface area contributed by atoms with Crippen LogP contribution in [0.25, 0.3) is 0 Å². The van der Waals surface area contributed by atoms with Gasteiger partial charge in [-0.05, 0) is 0 Å². The first kappa shape index (κ1) is 65200. The van der Waals surface area contributed by atoms with Crippen LogP contribution in [0.4, 0.5) is 0 Å². The van der Waals surface area contributed by atoms with Crippen molar-refractivity contribution >= 4 is 0 Å². The molecule has 645 valence electrons. The number of hydrogen-bond donors (Lipinski definition) is 0. The second-order valence-corrected chi connectivity index (χ2v) is 0. The van der Waals surface area contributed by atoms with Gasteiger partial charge in [0.05, 0.1) is 0 Å². The van der Waals surface area contributed by atoms with Gasteiger partial charge in [0.1, 0.15) is 0 Å². The topological polar surface area (TPSA) is 2280 Å². The SMILES string of the molecule is [Fe+3].[O-2].[O-2].[O-2].[O-2].[O-2].[O-2].[O-2].[O-2].[O-2].[O-2].[O-2].[O-2].[O-2].[O-2].[O-2].[O-2].[O-2].[O-2].[O-2].[O-2].[O-2].[O-2].[O-2].[O-2].[O-2].[O-2].[O-2].[O-2].[O-2].[O-2].[O-2].[O-2].[O-2].[O-2].[O-2].[O-2].[O-2].[O-2].[O-2].[O-2].[O-2].[O-2].[O-2].[O-2].[O-2].[O-2].[O-2].[O-2].[O-2].[O-2].[O-2].[O-2].[O-2].[O-2].[O-2].[O-2].[O-2].[O-2].[O-2].[O-2].[O-2].[O-2].[O-2].[O-2].[O-2].[O-2].[O-2].[O-2].[O-2].[O-2].[O-2].[O-2].[O-2].[O-2].[O-2].[O-2].[O-2].[O-2].[O-2].[O-2]. The molecule has 0 rings (SSSR count). The Morgan fingerprint density at radius 3 is 0.0247 bits per heavy atom. The third-order valence-electron chi connectivity index (χ3n) is 0. The predicted octanol–water partition coefficient (Wildman–Crippen LogP) is -9.51. The molecule has 0 fully saturated rings. The quantitative estimate of drug-likeness (QED) is 0.204. The molecule has 0 N–H and O–H groups in total. The van der Waals surface area contributed by atoms with E-state index in [4.69, 9.17) is 0 Å². The van der Waals surface area contributed by atoms with Crippen molar-refractivity contribution in [1.82, 2.24) is 0 Å². The number of hydrogen-bond acceptors (Lipinski definition) is 0. The summed E-state index contributed by atoms with van der Waals surface area (Å²) in [7, 11) is 0. The predicted molar refractivity (Wildman–Crippen MR) is 54.9 cm³/mol. The van der Waals surface area contributed by atoms with Crippen molar-refractivity contribution in [3.8, 4) is 0 Å². The molecule has 0 aliphatic heterocycles. The van der Waals surface area contributed by atoms with Gasteiger partial charge in [-0.15, -0.1) is 0 Å². The van der Waals surface area contributed by atoms with Crippen LogP contribution in [0, 0.1) is 0 Å². The van der Waals surface area contributed by atoms with E-state index in [-0.39, 0.29) is 455 Å². The van der Waals surface area contributed by atoms with E-state index in [1.165, 1.54) is 0 Å². The van der Waals surface area contributed by atoms with E-state index >= 15 is 0 Å². The summed E-state index contributed by atoms with van der Waals surface area (Å²) in [5, 5.41) is 0. The Morgan fingerprint density at radius 2 is 0.0247 bits per heavy atom. The van der Waals surface area contributed by atoms with Crippen LogP contribution in [0.5, 0.6) is 0 Å².